The maximum Gasteiger partial charge on any atom is 0.257 e. The Morgan fingerprint density at radius 1 is 1.26 bits per heavy atom. The monoisotopic (exact) mass is 387 g/mol. The summed E-state index contributed by atoms with van der Waals surface area (Å²) in [5.41, 5.74) is 0.908. The maximum absolute atomic E-state index is 14.3. The van der Waals surface area contributed by atoms with Crippen LogP contribution >= 0.6 is 11.6 Å². The predicted molar refractivity (Wildman–Crippen MR) is 97.4 cm³/mol. The van der Waals surface area contributed by atoms with Crippen LogP contribution in [0.25, 0.3) is 11.5 Å². The number of ether oxygens (including phenoxy) is 1. The quantitative estimate of drug-likeness (QED) is 0.675. The second kappa shape index (κ2) is 7.00. The molecule has 2 heterocycles. The second-order valence-corrected chi connectivity index (χ2v) is 6.57. The number of methoxy groups -OCH3 is 1. The zero-order valence-corrected chi connectivity index (χ0v) is 15.1. The molecule has 0 spiro atoms. The molecule has 1 amide bonds. The summed E-state index contributed by atoms with van der Waals surface area (Å²) in [5.74, 6) is 0.384. The number of carbonyl (C=O) groups is 1. The van der Waals surface area contributed by atoms with Gasteiger partial charge in [0.25, 0.3) is 5.89 Å². The largest absolute Gasteiger partial charge is 0.497 e. The van der Waals surface area contributed by atoms with Crippen molar-refractivity contribution < 1.29 is 18.4 Å². The van der Waals surface area contributed by atoms with Gasteiger partial charge in [0.05, 0.1) is 17.8 Å². The number of aromatic nitrogens is 2. The molecule has 0 aliphatic carbocycles. The van der Waals surface area contributed by atoms with Gasteiger partial charge in [-0.15, -0.1) is 0 Å². The molecule has 27 heavy (non-hydrogen) atoms. The van der Waals surface area contributed by atoms with E-state index in [2.05, 4.69) is 10.1 Å². The van der Waals surface area contributed by atoms with E-state index in [1.165, 1.54) is 17.0 Å². The fourth-order valence-electron chi connectivity index (χ4n) is 3.07. The number of rotatable bonds is 4. The first-order valence-corrected chi connectivity index (χ1v) is 8.67. The predicted octanol–water partition coefficient (Wildman–Crippen LogP) is 4.06. The van der Waals surface area contributed by atoms with Crippen molar-refractivity contribution in [3.8, 4) is 17.2 Å². The molecule has 1 aromatic heterocycles. The number of nitrogens with zero attached hydrogens (tertiary/aromatic N) is 3. The van der Waals surface area contributed by atoms with E-state index in [1.807, 2.05) is 12.1 Å². The molecule has 4 rings (SSSR count). The third-order valence-electron chi connectivity index (χ3n) is 4.49. The lowest BCUT2D eigenvalue weighted by atomic mass is 10.1. The van der Waals surface area contributed by atoms with Gasteiger partial charge in [-0.1, -0.05) is 22.8 Å². The molecule has 1 atom stereocenters. The number of amides is 1. The van der Waals surface area contributed by atoms with Gasteiger partial charge in [0.1, 0.15) is 5.75 Å². The van der Waals surface area contributed by atoms with Crippen LogP contribution in [0.1, 0.15) is 18.2 Å². The summed E-state index contributed by atoms with van der Waals surface area (Å²) in [5, 5.41) is 3.98. The lowest BCUT2D eigenvalue weighted by molar-refractivity contribution is -0.117. The Morgan fingerprint density at radius 3 is 2.78 bits per heavy atom. The highest BCUT2D eigenvalue weighted by molar-refractivity contribution is 6.31. The molecule has 0 bridgehead atoms. The summed E-state index contributed by atoms with van der Waals surface area (Å²) >= 11 is 5.82. The zero-order valence-electron chi connectivity index (χ0n) is 14.4. The first kappa shape index (κ1) is 17.5. The van der Waals surface area contributed by atoms with Crippen LogP contribution in [0.5, 0.6) is 5.75 Å². The molecule has 1 fully saturated rings. The van der Waals surface area contributed by atoms with Crippen LogP contribution in [0.3, 0.4) is 0 Å². The Kier molecular flexibility index (Phi) is 4.53. The van der Waals surface area contributed by atoms with Gasteiger partial charge in [0, 0.05) is 24.4 Å². The Hall–Kier alpha value is -2.93. The lowest BCUT2D eigenvalue weighted by Crippen LogP contribution is -2.25. The minimum absolute atomic E-state index is 0.0231. The third kappa shape index (κ3) is 3.26. The fourth-order valence-corrected chi connectivity index (χ4v) is 3.24. The number of hydrogen-bond donors (Lipinski definition) is 0. The van der Waals surface area contributed by atoms with Gasteiger partial charge >= 0.3 is 0 Å². The van der Waals surface area contributed by atoms with E-state index in [4.69, 9.17) is 20.9 Å². The summed E-state index contributed by atoms with van der Waals surface area (Å²) < 4.78 is 24.7. The smallest absolute Gasteiger partial charge is 0.257 e. The van der Waals surface area contributed by atoms with Gasteiger partial charge in [0.2, 0.25) is 5.91 Å². The molecule has 1 aliphatic rings. The average molecular weight is 388 g/mol. The molecule has 1 unspecified atom stereocenters. The first-order chi connectivity index (χ1) is 13.1. The summed E-state index contributed by atoms with van der Waals surface area (Å²) in [6, 6.07) is 11.8. The highest BCUT2D eigenvalue weighted by atomic mass is 35.5. The zero-order chi connectivity index (χ0) is 19.0. The molecule has 0 radical (unpaired) electrons. The van der Waals surface area contributed by atoms with Gasteiger partial charge in [-0.05, 0) is 36.4 Å². The molecule has 3 aromatic rings. The lowest BCUT2D eigenvalue weighted by Gasteiger charge is -2.17. The van der Waals surface area contributed by atoms with Crippen molar-refractivity contribution in [2.75, 3.05) is 18.6 Å². The molecule has 138 valence electrons. The van der Waals surface area contributed by atoms with Crippen molar-refractivity contribution in [3.63, 3.8) is 0 Å². The van der Waals surface area contributed by atoms with E-state index >= 15 is 0 Å². The number of halogens is 2. The van der Waals surface area contributed by atoms with Crippen LogP contribution < -0.4 is 9.64 Å². The van der Waals surface area contributed by atoms with Crippen molar-refractivity contribution in [2.24, 2.45) is 0 Å². The topological polar surface area (TPSA) is 68.5 Å². The summed E-state index contributed by atoms with van der Waals surface area (Å²) in [6.45, 7) is 0.262. The highest BCUT2D eigenvalue weighted by Crippen LogP contribution is 2.34. The minimum atomic E-state index is -0.611. The Balaban J connectivity index is 1.56. The van der Waals surface area contributed by atoms with E-state index in [-0.39, 0.29) is 35.5 Å². The molecule has 0 N–H and O–H groups in total. The van der Waals surface area contributed by atoms with E-state index in [0.717, 1.165) is 11.3 Å². The van der Waals surface area contributed by atoms with Crippen LogP contribution in [-0.2, 0) is 4.79 Å². The molecular weight excluding hydrogens is 373 g/mol. The van der Waals surface area contributed by atoms with Gasteiger partial charge in [-0.3, -0.25) is 4.79 Å². The number of benzene rings is 2. The van der Waals surface area contributed by atoms with Crippen molar-refractivity contribution in [3.05, 3.63) is 59.1 Å². The van der Waals surface area contributed by atoms with Crippen molar-refractivity contribution >= 4 is 23.2 Å². The molecule has 2 aromatic carbocycles. The molecule has 0 saturated carbocycles. The van der Waals surface area contributed by atoms with Crippen molar-refractivity contribution in [1.82, 2.24) is 10.1 Å². The number of carbonyl (C=O) groups excluding carboxylic acids is 1. The van der Waals surface area contributed by atoms with Crippen LogP contribution in [0.4, 0.5) is 10.1 Å². The molecular formula is C19H15ClFN3O3. The Bertz CT molecular complexity index is 990. The van der Waals surface area contributed by atoms with Crippen LogP contribution in [-0.4, -0.2) is 29.7 Å². The summed E-state index contributed by atoms with van der Waals surface area (Å²) in [4.78, 5) is 18.2. The van der Waals surface area contributed by atoms with Crippen LogP contribution in [0.15, 0.2) is 47.0 Å². The minimum Gasteiger partial charge on any atom is -0.497 e. The van der Waals surface area contributed by atoms with Gasteiger partial charge in [0.15, 0.2) is 11.6 Å². The summed E-state index contributed by atoms with van der Waals surface area (Å²) in [7, 11) is 1.59. The third-order valence-corrected chi connectivity index (χ3v) is 4.78. The highest BCUT2D eigenvalue weighted by Gasteiger charge is 2.36. The maximum atomic E-state index is 14.3. The van der Waals surface area contributed by atoms with Crippen LogP contribution in [0.2, 0.25) is 5.02 Å². The van der Waals surface area contributed by atoms with E-state index in [9.17, 15) is 9.18 Å². The first-order valence-electron chi connectivity index (χ1n) is 8.29. The van der Waals surface area contributed by atoms with E-state index in [0.29, 0.717) is 11.7 Å². The molecule has 8 heteroatoms. The Morgan fingerprint density at radius 2 is 2.04 bits per heavy atom. The number of hydrogen-bond acceptors (Lipinski definition) is 5. The van der Waals surface area contributed by atoms with Gasteiger partial charge in [-0.2, -0.15) is 4.98 Å². The standard InChI is InChI=1S/C19H15ClFN3O3/c1-26-13-7-5-11(6-8-13)19-22-18(23-27-19)12-9-16(25)24(10-12)15-4-2-3-14(20)17(15)21/h2-8,12H,9-10H2,1H3. The van der Waals surface area contributed by atoms with Crippen molar-refractivity contribution in [2.45, 2.75) is 12.3 Å². The number of anilines is 1. The normalized spacial score (nSPS) is 16.8. The Labute approximate surface area is 159 Å². The molecule has 1 aliphatic heterocycles. The van der Waals surface area contributed by atoms with E-state index < -0.39 is 5.82 Å². The SMILES string of the molecule is COc1ccc(-c2nc(C3CC(=O)N(c4cccc(Cl)c4F)C3)no2)cc1. The van der Waals surface area contributed by atoms with Crippen molar-refractivity contribution in [1.29, 1.82) is 0 Å². The summed E-state index contributed by atoms with van der Waals surface area (Å²) in [6.07, 6.45) is 0.174. The van der Waals surface area contributed by atoms with E-state index in [1.54, 1.807) is 25.3 Å². The van der Waals surface area contributed by atoms with Gasteiger partial charge in [-0.25, -0.2) is 4.39 Å². The molecule has 6 nitrogen and oxygen atoms in total. The fraction of sp³-hybridized carbons (Fsp3) is 0.211. The van der Waals surface area contributed by atoms with Crippen LogP contribution in [0, 0.1) is 5.82 Å². The van der Waals surface area contributed by atoms with Gasteiger partial charge < -0.3 is 14.2 Å². The average Bonchev–Trinajstić information content (AvgIpc) is 3.31. The molecule has 1 saturated heterocycles. The second-order valence-electron chi connectivity index (χ2n) is 6.16.